The minimum atomic E-state index is -0.217. The van der Waals surface area contributed by atoms with Crippen molar-refractivity contribution in [1.82, 2.24) is 9.80 Å². The van der Waals surface area contributed by atoms with Crippen molar-refractivity contribution in [3.8, 4) is 0 Å². The number of nitrogens with zero attached hydrogens (tertiary/aromatic N) is 2. The van der Waals surface area contributed by atoms with Gasteiger partial charge in [-0.3, -0.25) is 19.2 Å². The van der Waals surface area contributed by atoms with E-state index in [1.807, 2.05) is 37.5 Å². The molecule has 8 nitrogen and oxygen atoms in total. The van der Waals surface area contributed by atoms with Crippen molar-refractivity contribution in [1.29, 1.82) is 0 Å². The summed E-state index contributed by atoms with van der Waals surface area (Å²) in [7, 11) is 0. The fourth-order valence-electron chi connectivity index (χ4n) is 4.39. The fraction of sp³-hybridized carbons (Fsp3) is 0.484. The molecule has 39 heavy (non-hydrogen) atoms. The van der Waals surface area contributed by atoms with Crippen LogP contribution in [0.5, 0.6) is 0 Å². The summed E-state index contributed by atoms with van der Waals surface area (Å²) < 4.78 is 0. The van der Waals surface area contributed by atoms with Gasteiger partial charge in [-0.05, 0) is 68.5 Å². The molecule has 0 unspecified atom stereocenters. The SMILES string of the molecule is CCCN(CCC)C(=O)c1cccc(NC(=O)CCCC(=O)Nc2cccc(C(=O)N(CCC)CCC)c2)c1. The average Bonchev–Trinajstić information content (AvgIpc) is 2.92. The zero-order valence-electron chi connectivity index (χ0n) is 23.9. The van der Waals surface area contributed by atoms with Crippen LogP contribution in [0.1, 0.15) is 93.4 Å². The van der Waals surface area contributed by atoms with E-state index in [0.717, 1.165) is 25.7 Å². The number of hydrogen-bond donors (Lipinski definition) is 2. The summed E-state index contributed by atoms with van der Waals surface area (Å²) >= 11 is 0. The van der Waals surface area contributed by atoms with Gasteiger partial charge in [0.15, 0.2) is 0 Å². The number of amides is 4. The first-order chi connectivity index (χ1) is 18.8. The molecular formula is C31H44N4O4. The molecule has 0 fully saturated rings. The molecule has 0 aromatic heterocycles. The molecule has 0 aliphatic heterocycles. The second-order valence-electron chi connectivity index (χ2n) is 9.70. The van der Waals surface area contributed by atoms with Gasteiger partial charge in [-0.1, -0.05) is 39.8 Å². The molecule has 2 rings (SSSR count). The molecule has 0 aliphatic rings. The van der Waals surface area contributed by atoms with E-state index in [1.165, 1.54) is 0 Å². The lowest BCUT2D eigenvalue weighted by Gasteiger charge is -2.21. The third-order valence-electron chi connectivity index (χ3n) is 6.14. The summed E-state index contributed by atoms with van der Waals surface area (Å²) in [5.74, 6) is -0.516. The van der Waals surface area contributed by atoms with Crippen molar-refractivity contribution in [3.05, 3.63) is 59.7 Å². The minimum Gasteiger partial charge on any atom is -0.339 e. The van der Waals surface area contributed by atoms with Gasteiger partial charge in [0.25, 0.3) is 11.8 Å². The van der Waals surface area contributed by atoms with E-state index >= 15 is 0 Å². The van der Waals surface area contributed by atoms with E-state index in [2.05, 4.69) is 10.6 Å². The maximum Gasteiger partial charge on any atom is 0.253 e. The molecule has 0 spiro atoms. The molecule has 0 atom stereocenters. The smallest absolute Gasteiger partial charge is 0.253 e. The topological polar surface area (TPSA) is 98.8 Å². The second kappa shape index (κ2) is 17.0. The first kappa shape index (κ1) is 31.5. The van der Waals surface area contributed by atoms with Crippen molar-refractivity contribution in [2.24, 2.45) is 0 Å². The van der Waals surface area contributed by atoms with Gasteiger partial charge in [0, 0.05) is 61.5 Å². The molecule has 0 aliphatic carbocycles. The molecule has 0 heterocycles. The van der Waals surface area contributed by atoms with Crippen molar-refractivity contribution in [2.75, 3.05) is 36.8 Å². The zero-order valence-corrected chi connectivity index (χ0v) is 23.9. The maximum atomic E-state index is 12.9. The minimum absolute atomic E-state index is 0.0410. The predicted molar refractivity (Wildman–Crippen MR) is 157 cm³/mol. The van der Waals surface area contributed by atoms with Gasteiger partial charge in [0.1, 0.15) is 0 Å². The summed E-state index contributed by atoms with van der Waals surface area (Å²) in [6, 6.07) is 13.9. The maximum absolute atomic E-state index is 12.9. The van der Waals surface area contributed by atoms with Gasteiger partial charge in [0.2, 0.25) is 11.8 Å². The third kappa shape index (κ3) is 10.5. The molecule has 0 bridgehead atoms. The Morgan fingerprint density at radius 2 is 0.949 bits per heavy atom. The third-order valence-corrected chi connectivity index (χ3v) is 6.14. The number of hydrogen-bond acceptors (Lipinski definition) is 4. The van der Waals surface area contributed by atoms with E-state index < -0.39 is 0 Å². The van der Waals surface area contributed by atoms with Gasteiger partial charge in [-0.15, -0.1) is 0 Å². The van der Waals surface area contributed by atoms with Gasteiger partial charge in [-0.2, -0.15) is 0 Å². The number of carbonyl (C=O) groups excluding carboxylic acids is 4. The number of benzene rings is 2. The highest BCUT2D eigenvalue weighted by Gasteiger charge is 2.16. The molecule has 4 amide bonds. The summed E-state index contributed by atoms with van der Waals surface area (Å²) in [5.41, 5.74) is 2.21. The van der Waals surface area contributed by atoms with E-state index in [0.29, 0.717) is 55.1 Å². The van der Waals surface area contributed by atoms with Crippen LogP contribution < -0.4 is 10.6 Å². The van der Waals surface area contributed by atoms with E-state index in [9.17, 15) is 19.2 Å². The molecule has 0 saturated carbocycles. The largest absolute Gasteiger partial charge is 0.339 e. The fourth-order valence-corrected chi connectivity index (χ4v) is 4.39. The van der Waals surface area contributed by atoms with Crippen LogP contribution in [-0.4, -0.2) is 59.6 Å². The average molecular weight is 537 g/mol. The van der Waals surface area contributed by atoms with Crippen LogP contribution in [0.2, 0.25) is 0 Å². The Hall–Kier alpha value is -3.68. The quantitative estimate of drug-likeness (QED) is 0.277. The summed E-state index contributed by atoms with van der Waals surface area (Å²) in [6.45, 7) is 11.0. The van der Waals surface area contributed by atoms with E-state index in [1.54, 1.807) is 48.5 Å². The number of anilines is 2. The highest BCUT2D eigenvalue weighted by Crippen LogP contribution is 2.16. The molecule has 8 heteroatoms. The Balaban J connectivity index is 1.86. The van der Waals surface area contributed by atoms with Crippen molar-refractivity contribution >= 4 is 35.0 Å². The monoisotopic (exact) mass is 536 g/mol. The normalized spacial score (nSPS) is 10.6. The lowest BCUT2D eigenvalue weighted by atomic mass is 10.1. The van der Waals surface area contributed by atoms with E-state index in [-0.39, 0.29) is 36.5 Å². The first-order valence-corrected chi connectivity index (χ1v) is 14.2. The standard InChI is InChI=1S/C31H44N4O4/c1-5-18-34(19-6-2)30(38)24-12-9-14-26(22-24)32-28(36)16-11-17-29(37)33-27-15-10-13-25(23-27)31(39)35(20-7-3)21-8-4/h9-10,12-15,22-23H,5-8,11,16-21H2,1-4H3,(H,32,36)(H,33,37). The summed E-state index contributed by atoms with van der Waals surface area (Å²) in [5, 5.41) is 5.66. The van der Waals surface area contributed by atoms with Crippen molar-refractivity contribution < 1.29 is 19.2 Å². The number of carbonyl (C=O) groups is 4. The van der Waals surface area contributed by atoms with Crippen molar-refractivity contribution in [2.45, 2.75) is 72.6 Å². The number of nitrogens with one attached hydrogen (secondary N) is 2. The highest BCUT2D eigenvalue weighted by molar-refractivity contribution is 5.98. The summed E-state index contributed by atoms with van der Waals surface area (Å²) in [4.78, 5) is 54.3. The van der Waals surface area contributed by atoms with Gasteiger partial charge in [-0.25, -0.2) is 0 Å². The molecule has 0 radical (unpaired) electrons. The Morgan fingerprint density at radius 3 is 1.28 bits per heavy atom. The van der Waals surface area contributed by atoms with Crippen LogP contribution in [0.15, 0.2) is 48.5 Å². The molecule has 2 aromatic rings. The Kier molecular flexibility index (Phi) is 13.8. The molecular weight excluding hydrogens is 492 g/mol. The van der Waals surface area contributed by atoms with Gasteiger partial charge >= 0.3 is 0 Å². The first-order valence-electron chi connectivity index (χ1n) is 14.2. The zero-order chi connectivity index (χ0) is 28.6. The Labute approximate surface area is 233 Å². The highest BCUT2D eigenvalue weighted by atomic mass is 16.2. The van der Waals surface area contributed by atoms with Crippen LogP contribution in [0, 0.1) is 0 Å². The van der Waals surface area contributed by atoms with Crippen LogP contribution in [0.4, 0.5) is 11.4 Å². The van der Waals surface area contributed by atoms with E-state index in [4.69, 9.17) is 0 Å². The van der Waals surface area contributed by atoms with Crippen molar-refractivity contribution in [3.63, 3.8) is 0 Å². The second-order valence-corrected chi connectivity index (χ2v) is 9.70. The molecule has 2 aromatic carbocycles. The summed E-state index contributed by atoms with van der Waals surface area (Å²) in [6.07, 6.45) is 4.25. The molecule has 2 N–H and O–H groups in total. The Bertz CT molecular complexity index is 1000. The number of rotatable bonds is 16. The predicted octanol–water partition coefficient (Wildman–Crippen LogP) is 5.96. The van der Waals surface area contributed by atoms with Crippen LogP contribution in [0.3, 0.4) is 0 Å². The molecule has 212 valence electrons. The van der Waals surface area contributed by atoms with Gasteiger partial charge < -0.3 is 20.4 Å². The Morgan fingerprint density at radius 1 is 0.590 bits per heavy atom. The van der Waals surface area contributed by atoms with Crippen LogP contribution in [-0.2, 0) is 9.59 Å². The van der Waals surface area contributed by atoms with Crippen LogP contribution in [0.25, 0.3) is 0 Å². The van der Waals surface area contributed by atoms with Gasteiger partial charge in [0.05, 0.1) is 0 Å². The lowest BCUT2D eigenvalue weighted by molar-refractivity contribution is -0.117. The van der Waals surface area contributed by atoms with Crippen LogP contribution >= 0.6 is 0 Å². The molecule has 0 saturated heterocycles. The lowest BCUT2D eigenvalue weighted by Crippen LogP contribution is -2.32.